The van der Waals surface area contributed by atoms with Crippen LogP contribution in [-0.4, -0.2) is 29.0 Å². The van der Waals surface area contributed by atoms with Crippen LogP contribution in [0, 0.1) is 0 Å². The number of carboxylic acid groups (broad SMARTS) is 1. The van der Waals surface area contributed by atoms with Crippen LogP contribution in [0.25, 0.3) is 11.1 Å². The van der Waals surface area contributed by atoms with Crippen molar-refractivity contribution in [3.05, 3.63) is 96.1 Å². The highest BCUT2D eigenvalue weighted by atomic mass is 16.5. The normalized spacial score (nSPS) is 11.4. The number of hydrogen-bond donors (Lipinski definition) is 2. The Morgan fingerprint density at radius 3 is 2.00 bits per heavy atom. The third kappa shape index (κ3) is 6.54. The summed E-state index contributed by atoms with van der Waals surface area (Å²) in [6.07, 6.45) is -0.863. The molecular formula is C25H23NO5. The third-order valence-electron chi connectivity index (χ3n) is 4.78. The Morgan fingerprint density at radius 2 is 1.39 bits per heavy atom. The Kier molecular flexibility index (Phi) is 7.54. The Labute approximate surface area is 180 Å². The summed E-state index contributed by atoms with van der Waals surface area (Å²) >= 11 is 0. The summed E-state index contributed by atoms with van der Waals surface area (Å²) in [6, 6.07) is 24.9. The number of carbonyl (C=O) groups is 3. The second-order valence-corrected chi connectivity index (χ2v) is 7.00. The molecule has 1 atom stereocenters. The Morgan fingerprint density at radius 1 is 0.806 bits per heavy atom. The first-order chi connectivity index (χ1) is 15.0. The van der Waals surface area contributed by atoms with Crippen LogP contribution in [0.15, 0.2) is 84.9 Å². The maximum Gasteiger partial charge on any atom is 0.408 e. The molecule has 0 spiro atoms. The van der Waals surface area contributed by atoms with Crippen LogP contribution >= 0.6 is 0 Å². The molecule has 0 heterocycles. The van der Waals surface area contributed by atoms with E-state index in [9.17, 15) is 19.5 Å². The summed E-state index contributed by atoms with van der Waals surface area (Å²) in [7, 11) is 0. The van der Waals surface area contributed by atoms with E-state index in [1.54, 1.807) is 30.3 Å². The summed E-state index contributed by atoms with van der Waals surface area (Å²) in [5.41, 5.74) is 3.42. The Balaban J connectivity index is 1.48. The van der Waals surface area contributed by atoms with Crippen LogP contribution in [0.4, 0.5) is 4.79 Å². The second-order valence-electron chi connectivity index (χ2n) is 7.00. The lowest BCUT2D eigenvalue weighted by atomic mass is 10.0. The average molecular weight is 417 g/mol. The highest BCUT2D eigenvalue weighted by Crippen LogP contribution is 2.19. The number of Topliss-reactive ketones (excluding diaryl/α,β-unsaturated/α-hetero) is 1. The van der Waals surface area contributed by atoms with Gasteiger partial charge in [0, 0.05) is 12.0 Å². The molecule has 0 saturated carbocycles. The van der Waals surface area contributed by atoms with Crippen LogP contribution < -0.4 is 5.32 Å². The first-order valence-electron chi connectivity index (χ1n) is 9.91. The van der Waals surface area contributed by atoms with E-state index in [1.165, 1.54) is 0 Å². The molecule has 6 heteroatoms. The maximum absolute atomic E-state index is 12.2. The lowest BCUT2D eigenvalue weighted by molar-refractivity contribution is -0.139. The number of nitrogens with one attached hydrogen (secondary N) is 1. The topological polar surface area (TPSA) is 92.7 Å². The minimum Gasteiger partial charge on any atom is -0.480 e. The lowest BCUT2D eigenvalue weighted by Crippen LogP contribution is -2.41. The predicted molar refractivity (Wildman–Crippen MR) is 117 cm³/mol. The molecule has 0 radical (unpaired) electrons. The van der Waals surface area contributed by atoms with Crippen LogP contribution in [0.1, 0.15) is 28.8 Å². The number of carbonyl (C=O) groups excluding carboxylic acids is 2. The maximum atomic E-state index is 12.2. The number of alkyl carbamates (subject to hydrolysis) is 1. The molecule has 3 aromatic carbocycles. The molecule has 0 aliphatic rings. The highest BCUT2D eigenvalue weighted by molar-refractivity contribution is 5.96. The number of carboxylic acids is 1. The van der Waals surface area contributed by atoms with Crippen molar-refractivity contribution in [2.24, 2.45) is 0 Å². The van der Waals surface area contributed by atoms with E-state index in [0.717, 1.165) is 16.7 Å². The molecule has 0 saturated heterocycles. The molecule has 31 heavy (non-hydrogen) atoms. The van der Waals surface area contributed by atoms with Gasteiger partial charge in [-0.15, -0.1) is 0 Å². The molecule has 3 rings (SSSR count). The number of rotatable bonds is 9. The van der Waals surface area contributed by atoms with Gasteiger partial charge in [-0.05, 0) is 23.1 Å². The van der Waals surface area contributed by atoms with Gasteiger partial charge in [0.25, 0.3) is 0 Å². The molecule has 0 aromatic heterocycles. The minimum absolute atomic E-state index is 0.00219. The SMILES string of the molecule is O=C(NC(CCC(=O)c1ccccc1)C(=O)O)OCc1ccc(-c2ccccc2)cc1. The molecule has 2 N–H and O–H groups in total. The number of ether oxygens (including phenoxy) is 1. The van der Waals surface area contributed by atoms with E-state index in [0.29, 0.717) is 5.56 Å². The second kappa shape index (κ2) is 10.7. The molecule has 0 aliphatic heterocycles. The van der Waals surface area contributed by atoms with Gasteiger partial charge >= 0.3 is 12.1 Å². The highest BCUT2D eigenvalue weighted by Gasteiger charge is 2.22. The van der Waals surface area contributed by atoms with Crippen molar-refractivity contribution >= 4 is 17.8 Å². The number of amides is 1. The minimum atomic E-state index is -1.22. The van der Waals surface area contributed by atoms with E-state index < -0.39 is 18.1 Å². The van der Waals surface area contributed by atoms with Crippen molar-refractivity contribution in [1.29, 1.82) is 0 Å². The predicted octanol–water partition coefficient (Wildman–Crippen LogP) is 4.70. The van der Waals surface area contributed by atoms with E-state index in [2.05, 4.69) is 5.32 Å². The van der Waals surface area contributed by atoms with Gasteiger partial charge in [0.2, 0.25) is 0 Å². The zero-order valence-electron chi connectivity index (χ0n) is 16.9. The number of aliphatic carboxylic acids is 1. The van der Waals surface area contributed by atoms with Crippen molar-refractivity contribution in [2.75, 3.05) is 0 Å². The zero-order valence-corrected chi connectivity index (χ0v) is 16.9. The van der Waals surface area contributed by atoms with E-state index >= 15 is 0 Å². The summed E-state index contributed by atoms with van der Waals surface area (Å²) in [6.45, 7) is 0.0101. The summed E-state index contributed by atoms with van der Waals surface area (Å²) < 4.78 is 5.15. The van der Waals surface area contributed by atoms with Crippen molar-refractivity contribution in [3.8, 4) is 11.1 Å². The quantitative estimate of drug-likeness (QED) is 0.493. The van der Waals surface area contributed by atoms with Gasteiger partial charge in [0.05, 0.1) is 0 Å². The van der Waals surface area contributed by atoms with Gasteiger partial charge in [0.1, 0.15) is 12.6 Å². The molecule has 1 amide bonds. The van der Waals surface area contributed by atoms with Crippen molar-refractivity contribution in [3.63, 3.8) is 0 Å². The Hall–Kier alpha value is -3.93. The number of hydrogen-bond acceptors (Lipinski definition) is 4. The van der Waals surface area contributed by atoms with Gasteiger partial charge in [-0.1, -0.05) is 84.9 Å². The van der Waals surface area contributed by atoms with Crippen LogP contribution in [-0.2, 0) is 16.1 Å². The first kappa shape index (κ1) is 21.8. The van der Waals surface area contributed by atoms with Crippen LogP contribution in [0.3, 0.4) is 0 Å². The van der Waals surface area contributed by atoms with Crippen LogP contribution in [0.5, 0.6) is 0 Å². The smallest absolute Gasteiger partial charge is 0.408 e. The fraction of sp³-hybridized carbons (Fsp3) is 0.160. The van der Waals surface area contributed by atoms with E-state index in [4.69, 9.17) is 4.74 Å². The summed E-state index contributed by atoms with van der Waals surface area (Å²) in [4.78, 5) is 35.7. The van der Waals surface area contributed by atoms with Gasteiger partial charge < -0.3 is 15.2 Å². The van der Waals surface area contributed by atoms with Gasteiger partial charge in [0.15, 0.2) is 5.78 Å². The average Bonchev–Trinajstić information content (AvgIpc) is 2.81. The summed E-state index contributed by atoms with van der Waals surface area (Å²) in [5.74, 6) is -1.40. The lowest BCUT2D eigenvalue weighted by Gasteiger charge is -2.14. The van der Waals surface area contributed by atoms with E-state index in [1.807, 2.05) is 54.6 Å². The summed E-state index contributed by atoms with van der Waals surface area (Å²) in [5, 5.41) is 11.7. The number of ketones is 1. The number of benzene rings is 3. The zero-order chi connectivity index (χ0) is 22.1. The van der Waals surface area contributed by atoms with E-state index in [-0.39, 0.29) is 25.2 Å². The van der Waals surface area contributed by atoms with Crippen molar-refractivity contribution in [2.45, 2.75) is 25.5 Å². The van der Waals surface area contributed by atoms with Crippen molar-refractivity contribution in [1.82, 2.24) is 5.32 Å². The van der Waals surface area contributed by atoms with Gasteiger partial charge in [-0.25, -0.2) is 9.59 Å². The molecule has 0 aliphatic carbocycles. The van der Waals surface area contributed by atoms with Crippen LogP contribution in [0.2, 0.25) is 0 Å². The molecule has 6 nitrogen and oxygen atoms in total. The molecular weight excluding hydrogens is 394 g/mol. The molecule has 1 unspecified atom stereocenters. The molecule has 0 bridgehead atoms. The standard InChI is InChI=1S/C25H23NO5/c27-23(21-9-5-2-6-10-21)16-15-22(24(28)29)26-25(30)31-17-18-11-13-20(14-12-18)19-7-3-1-4-8-19/h1-14,22H,15-17H2,(H,26,30)(H,28,29). The fourth-order valence-electron chi connectivity index (χ4n) is 3.06. The monoisotopic (exact) mass is 417 g/mol. The molecule has 0 fully saturated rings. The Bertz CT molecular complexity index is 1020. The fourth-order valence-corrected chi connectivity index (χ4v) is 3.06. The largest absolute Gasteiger partial charge is 0.480 e. The first-order valence-corrected chi connectivity index (χ1v) is 9.91. The van der Waals surface area contributed by atoms with Gasteiger partial charge in [-0.2, -0.15) is 0 Å². The van der Waals surface area contributed by atoms with Gasteiger partial charge in [-0.3, -0.25) is 4.79 Å². The third-order valence-corrected chi connectivity index (χ3v) is 4.78. The molecule has 158 valence electrons. The molecule has 3 aromatic rings. The van der Waals surface area contributed by atoms with Crippen molar-refractivity contribution < 1.29 is 24.2 Å².